The van der Waals surface area contributed by atoms with Crippen molar-refractivity contribution in [2.75, 3.05) is 19.8 Å². The van der Waals surface area contributed by atoms with Crippen molar-refractivity contribution >= 4 is 17.7 Å². The van der Waals surface area contributed by atoms with Gasteiger partial charge in [-0.15, -0.1) is 0 Å². The Morgan fingerprint density at radius 1 is 0.861 bits per heavy atom. The van der Waals surface area contributed by atoms with Crippen molar-refractivity contribution in [2.24, 2.45) is 11.7 Å². The Bertz CT molecular complexity index is 974. The zero-order valence-corrected chi connectivity index (χ0v) is 21.8. The second-order valence-electron chi connectivity index (χ2n) is 9.22. The van der Waals surface area contributed by atoms with Crippen LogP contribution in [0.1, 0.15) is 56.5 Å². The van der Waals surface area contributed by atoms with Crippen LogP contribution < -0.4 is 21.7 Å². The molecule has 0 bridgehead atoms. The minimum Gasteiger partial charge on any atom is -0.378 e. The molecule has 0 aliphatic heterocycles. The van der Waals surface area contributed by atoms with E-state index >= 15 is 0 Å². The number of nitrogens with one attached hydrogen (secondary N) is 3. The molecule has 0 saturated heterocycles. The van der Waals surface area contributed by atoms with E-state index in [4.69, 9.17) is 10.5 Å². The molecule has 3 amide bonds. The monoisotopic (exact) mass is 496 g/mol. The third-order valence-electron chi connectivity index (χ3n) is 5.54. The summed E-state index contributed by atoms with van der Waals surface area (Å²) < 4.78 is 5.60. The summed E-state index contributed by atoms with van der Waals surface area (Å²) in [5, 5.41) is 7.69. The summed E-state index contributed by atoms with van der Waals surface area (Å²) in [7, 11) is 0. The maximum Gasteiger partial charge on any atom is 0.257 e. The predicted molar refractivity (Wildman–Crippen MR) is 142 cm³/mol. The molecule has 5 N–H and O–H groups in total. The summed E-state index contributed by atoms with van der Waals surface area (Å²) in [4.78, 5) is 37.6. The molecule has 2 aromatic rings. The summed E-state index contributed by atoms with van der Waals surface area (Å²) in [5.74, 6) is -1.26. The minimum absolute atomic E-state index is 0.0413. The predicted octanol–water partition coefficient (Wildman–Crippen LogP) is 3.00. The first-order chi connectivity index (χ1) is 17.2. The fraction of sp³-hybridized carbons (Fsp3) is 0.464. The number of nitrogens with two attached hydrogens (primary N) is 1. The number of benzene rings is 2. The van der Waals surface area contributed by atoms with Crippen molar-refractivity contribution < 1.29 is 19.1 Å². The maximum absolute atomic E-state index is 12.9. The van der Waals surface area contributed by atoms with Gasteiger partial charge in [0, 0.05) is 18.7 Å². The topological polar surface area (TPSA) is 123 Å². The first-order valence-electron chi connectivity index (χ1n) is 12.7. The van der Waals surface area contributed by atoms with Gasteiger partial charge in [0.2, 0.25) is 5.91 Å². The number of amides is 3. The molecular formula is C28H40N4O4. The van der Waals surface area contributed by atoms with Gasteiger partial charge in [-0.25, -0.2) is 0 Å². The van der Waals surface area contributed by atoms with Crippen molar-refractivity contribution in [2.45, 2.75) is 59.2 Å². The van der Waals surface area contributed by atoms with Gasteiger partial charge in [0.05, 0.1) is 6.61 Å². The zero-order chi connectivity index (χ0) is 26.5. The van der Waals surface area contributed by atoms with Crippen molar-refractivity contribution in [3.05, 3.63) is 59.7 Å². The van der Waals surface area contributed by atoms with E-state index in [9.17, 15) is 14.4 Å². The van der Waals surface area contributed by atoms with E-state index in [1.165, 1.54) is 18.4 Å². The number of carbonyl (C=O) groups is 3. The molecule has 0 heterocycles. The molecule has 0 unspecified atom stereocenters. The number of ether oxygens (including phenoxy) is 1. The average molecular weight is 497 g/mol. The Kier molecular flexibility index (Phi) is 12.1. The van der Waals surface area contributed by atoms with Crippen LogP contribution in [0.4, 0.5) is 0 Å². The van der Waals surface area contributed by atoms with Gasteiger partial charge in [-0.1, -0.05) is 63.6 Å². The van der Waals surface area contributed by atoms with E-state index in [0.29, 0.717) is 18.7 Å². The Morgan fingerprint density at radius 3 is 2.03 bits per heavy atom. The highest BCUT2D eigenvalue weighted by Gasteiger charge is 2.25. The molecule has 0 fully saturated rings. The number of aryl methyl sites for hydroxylation is 1. The molecule has 0 aliphatic rings. The van der Waals surface area contributed by atoms with E-state index in [1.54, 1.807) is 19.1 Å². The van der Waals surface area contributed by atoms with E-state index in [-0.39, 0.29) is 12.5 Å². The van der Waals surface area contributed by atoms with E-state index in [2.05, 4.69) is 47.1 Å². The highest BCUT2D eigenvalue weighted by molar-refractivity contribution is 5.98. The lowest BCUT2D eigenvalue weighted by Gasteiger charge is -2.21. The van der Waals surface area contributed by atoms with Gasteiger partial charge in [-0.3, -0.25) is 14.4 Å². The van der Waals surface area contributed by atoms with Crippen molar-refractivity contribution in [3.8, 4) is 11.1 Å². The number of carbonyl (C=O) groups excluding carboxylic acids is 3. The average Bonchev–Trinajstić information content (AvgIpc) is 2.87. The Balaban J connectivity index is 2.06. The first kappa shape index (κ1) is 29.0. The summed E-state index contributed by atoms with van der Waals surface area (Å²) in [6, 6.07) is 14.6. The van der Waals surface area contributed by atoms with Crippen molar-refractivity contribution in [1.82, 2.24) is 16.0 Å². The molecule has 2 aromatic carbocycles. The largest absolute Gasteiger partial charge is 0.378 e. The number of hydrogen-bond donors (Lipinski definition) is 4. The Hall–Kier alpha value is -3.23. The van der Waals surface area contributed by atoms with Gasteiger partial charge < -0.3 is 26.4 Å². The maximum atomic E-state index is 12.9. The molecule has 196 valence electrons. The number of likely N-dealkylation sites (N-methyl/N-ethyl adjacent to an activating group) is 1. The number of rotatable bonds is 14. The molecule has 8 heteroatoms. The lowest BCUT2D eigenvalue weighted by Crippen LogP contribution is -2.58. The molecule has 0 aromatic heterocycles. The van der Waals surface area contributed by atoms with Gasteiger partial charge in [0.25, 0.3) is 11.8 Å². The van der Waals surface area contributed by atoms with Crippen LogP contribution >= 0.6 is 0 Å². The molecule has 36 heavy (non-hydrogen) atoms. The number of hydrogen-bond acceptors (Lipinski definition) is 5. The highest BCUT2D eigenvalue weighted by atomic mass is 16.5. The minimum atomic E-state index is -1.23. The molecule has 8 nitrogen and oxygen atoms in total. The van der Waals surface area contributed by atoms with Crippen LogP contribution in [0.2, 0.25) is 0 Å². The van der Waals surface area contributed by atoms with Crippen molar-refractivity contribution in [3.63, 3.8) is 0 Å². The van der Waals surface area contributed by atoms with Gasteiger partial charge in [-0.2, -0.15) is 0 Å². The fourth-order valence-corrected chi connectivity index (χ4v) is 3.51. The summed E-state index contributed by atoms with van der Waals surface area (Å²) in [6.45, 7) is 8.68. The van der Waals surface area contributed by atoms with Gasteiger partial charge in [-0.05, 0) is 54.5 Å². The molecule has 2 atom stereocenters. The van der Waals surface area contributed by atoms with Crippen LogP contribution in [-0.2, 0) is 20.7 Å². The van der Waals surface area contributed by atoms with Gasteiger partial charge in [0.1, 0.15) is 6.04 Å². The van der Waals surface area contributed by atoms with Crippen molar-refractivity contribution in [1.29, 1.82) is 0 Å². The summed E-state index contributed by atoms with van der Waals surface area (Å²) in [6.07, 6.45) is 2.18. The molecular weight excluding hydrogens is 456 g/mol. The zero-order valence-electron chi connectivity index (χ0n) is 21.8. The summed E-state index contributed by atoms with van der Waals surface area (Å²) >= 11 is 0. The van der Waals surface area contributed by atoms with E-state index < -0.39 is 29.9 Å². The van der Waals surface area contributed by atoms with Crippen LogP contribution in [0.5, 0.6) is 0 Å². The molecule has 2 rings (SSSR count). The van der Waals surface area contributed by atoms with Crippen LogP contribution in [0.15, 0.2) is 48.5 Å². The number of unbranched alkanes of at least 4 members (excludes halogenated alkanes) is 1. The third kappa shape index (κ3) is 9.43. The van der Waals surface area contributed by atoms with Crippen LogP contribution in [-0.4, -0.2) is 49.7 Å². The van der Waals surface area contributed by atoms with E-state index in [0.717, 1.165) is 17.5 Å². The fourth-order valence-electron chi connectivity index (χ4n) is 3.51. The SMILES string of the molecule is CCCCc1ccc(-c2ccc(C(=O)N[C@H](COCC(C)C)C(=O)N[C@H](N)C(=O)NCC)cc2)cc1. The Morgan fingerprint density at radius 2 is 1.47 bits per heavy atom. The normalized spacial score (nSPS) is 12.6. The van der Waals surface area contributed by atoms with Crippen LogP contribution in [0.25, 0.3) is 11.1 Å². The smallest absolute Gasteiger partial charge is 0.257 e. The molecule has 0 aliphatic carbocycles. The lowest BCUT2D eigenvalue weighted by molar-refractivity contribution is -0.130. The summed E-state index contributed by atoms with van der Waals surface area (Å²) in [5.41, 5.74) is 9.56. The van der Waals surface area contributed by atoms with E-state index in [1.807, 2.05) is 26.0 Å². The second kappa shape index (κ2) is 15.0. The second-order valence-corrected chi connectivity index (χ2v) is 9.22. The molecule has 0 radical (unpaired) electrons. The highest BCUT2D eigenvalue weighted by Crippen LogP contribution is 2.21. The first-order valence-corrected chi connectivity index (χ1v) is 12.7. The van der Waals surface area contributed by atoms with Crippen LogP contribution in [0, 0.1) is 5.92 Å². The molecule has 0 saturated carbocycles. The quantitative estimate of drug-likeness (QED) is 0.300. The lowest BCUT2D eigenvalue weighted by atomic mass is 10.0. The Labute approximate surface area is 214 Å². The van der Waals surface area contributed by atoms with Gasteiger partial charge in [0.15, 0.2) is 6.17 Å². The third-order valence-corrected chi connectivity index (χ3v) is 5.54. The van der Waals surface area contributed by atoms with Crippen LogP contribution in [0.3, 0.4) is 0 Å². The molecule has 0 spiro atoms. The standard InChI is InChI=1S/C28H40N4O4/c1-5-7-8-20-9-11-21(12-10-20)22-13-15-23(16-14-22)26(33)31-24(18-36-17-19(3)4)27(34)32-25(29)28(35)30-6-2/h9-16,19,24-25H,5-8,17-18,29H2,1-4H3,(H,30,35)(H,31,33)(H,32,34)/t24-,25+/m1/s1. The van der Waals surface area contributed by atoms with Gasteiger partial charge >= 0.3 is 0 Å².